The molecule has 7 nitrogen and oxygen atoms in total. The van der Waals surface area contributed by atoms with Crippen LogP contribution >= 0.6 is 0 Å². The third-order valence-corrected chi connectivity index (χ3v) is 1.52. The number of nitrogens with two attached hydrogens (primary N) is 1. The van der Waals surface area contributed by atoms with Gasteiger partial charge in [0.2, 0.25) is 0 Å². The number of ether oxygens (including phenoxy) is 1. The normalized spacial score (nSPS) is 10.0. The second kappa shape index (κ2) is 13.3. The van der Waals surface area contributed by atoms with E-state index in [0.717, 1.165) is 0 Å². The van der Waals surface area contributed by atoms with Gasteiger partial charge in [0.05, 0.1) is 13.2 Å². The summed E-state index contributed by atoms with van der Waals surface area (Å²) in [6.45, 7) is 0.778. The van der Waals surface area contributed by atoms with E-state index in [2.05, 4.69) is 10.6 Å². The Morgan fingerprint density at radius 1 is 1.25 bits per heavy atom. The first-order valence-corrected chi connectivity index (χ1v) is 4.81. The predicted octanol–water partition coefficient (Wildman–Crippen LogP) is -3.67. The van der Waals surface area contributed by atoms with Gasteiger partial charge in [-0.2, -0.15) is 0 Å². The molecule has 92 valence electrons. The zero-order chi connectivity index (χ0) is 11.5. The molecular weight excluding hydrogens is 225 g/mol. The minimum absolute atomic E-state index is 0. The van der Waals surface area contributed by atoms with E-state index in [4.69, 9.17) is 20.7 Å². The molecule has 0 heterocycles. The van der Waals surface area contributed by atoms with Crippen LogP contribution in [0.4, 0.5) is 0 Å². The van der Waals surface area contributed by atoms with Crippen molar-refractivity contribution in [2.24, 2.45) is 5.73 Å². The van der Waals surface area contributed by atoms with Gasteiger partial charge in [-0.15, -0.1) is 0 Å². The Hall–Kier alpha value is 0.270. The van der Waals surface area contributed by atoms with Crippen LogP contribution in [0.15, 0.2) is 0 Å². The maximum atomic E-state index is 11.3. The van der Waals surface area contributed by atoms with Gasteiger partial charge in [-0.1, -0.05) is 0 Å². The van der Waals surface area contributed by atoms with Gasteiger partial charge in [0, 0.05) is 19.6 Å². The van der Waals surface area contributed by atoms with Crippen LogP contribution in [0.25, 0.3) is 0 Å². The molecule has 0 aromatic heterocycles. The van der Waals surface area contributed by atoms with Crippen molar-refractivity contribution in [1.82, 2.24) is 10.6 Å². The minimum atomic E-state index is -0.726. The molecule has 0 radical (unpaired) electrons. The average molecular weight is 245 g/mol. The van der Waals surface area contributed by atoms with Crippen LogP contribution < -0.4 is 16.4 Å². The SMILES string of the molecule is NCCOC(=O)C(NCCO)NCCO.[NaH]. The van der Waals surface area contributed by atoms with Crippen molar-refractivity contribution in [3.8, 4) is 0 Å². The first kappa shape index (κ1) is 18.6. The van der Waals surface area contributed by atoms with E-state index in [-0.39, 0.29) is 69.0 Å². The summed E-state index contributed by atoms with van der Waals surface area (Å²) < 4.78 is 4.80. The second-order valence-electron chi connectivity index (χ2n) is 2.74. The molecule has 0 unspecified atom stereocenters. The summed E-state index contributed by atoms with van der Waals surface area (Å²) in [5, 5.41) is 22.6. The van der Waals surface area contributed by atoms with Crippen LogP contribution in [-0.4, -0.2) is 91.4 Å². The van der Waals surface area contributed by atoms with Gasteiger partial charge in [-0.3, -0.25) is 10.6 Å². The second-order valence-corrected chi connectivity index (χ2v) is 2.74. The Labute approximate surface area is 117 Å². The van der Waals surface area contributed by atoms with Crippen LogP contribution in [0.1, 0.15) is 0 Å². The van der Waals surface area contributed by atoms with E-state index < -0.39 is 12.1 Å². The summed E-state index contributed by atoms with van der Waals surface area (Å²) in [6.07, 6.45) is -0.726. The number of rotatable bonds is 9. The van der Waals surface area contributed by atoms with Gasteiger partial charge >= 0.3 is 35.5 Å². The number of nitrogens with one attached hydrogen (secondary N) is 2. The van der Waals surface area contributed by atoms with E-state index in [0.29, 0.717) is 0 Å². The van der Waals surface area contributed by atoms with Crippen LogP contribution in [0.5, 0.6) is 0 Å². The molecule has 0 aliphatic carbocycles. The van der Waals surface area contributed by atoms with Crippen LogP contribution in [0, 0.1) is 0 Å². The number of aliphatic hydroxyl groups excluding tert-OH is 2. The molecule has 0 aliphatic rings. The van der Waals surface area contributed by atoms with Gasteiger partial charge < -0.3 is 20.7 Å². The third kappa shape index (κ3) is 9.49. The topological polar surface area (TPSA) is 117 Å². The molecule has 0 fully saturated rings. The monoisotopic (exact) mass is 245 g/mol. The fourth-order valence-corrected chi connectivity index (χ4v) is 0.899. The average Bonchev–Trinajstić information content (AvgIpc) is 2.26. The fourth-order valence-electron chi connectivity index (χ4n) is 0.899. The van der Waals surface area contributed by atoms with Crippen LogP contribution in [0.3, 0.4) is 0 Å². The Morgan fingerprint density at radius 3 is 2.12 bits per heavy atom. The van der Waals surface area contributed by atoms with Crippen LogP contribution in [-0.2, 0) is 9.53 Å². The van der Waals surface area contributed by atoms with Crippen molar-refractivity contribution < 1.29 is 19.7 Å². The molecule has 0 rings (SSSR count). The fraction of sp³-hybridized carbons (Fsp3) is 0.875. The number of esters is 1. The van der Waals surface area contributed by atoms with E-state index in [9.17, 15) is 4.79 Å². The molecular formula is C8H20N3NaO4. The first-order chi connectivity index (χ1) is 7.26. The molecule has 0 bridgehead atoms. The Kier molecular flexibility index (Phi) is 15.5. The maximum absolute atomic E-state index is 11.3. The van der Waals surface area contributed by atoms with Gasteiger partial charge in [-0.05, 0) is 0 Å². The zero-order valence-corrected chi connectivity index (χ0v) is 8.61. The Morgan fingerprint density at radius 2 is 1.75 bits per heavy atom. The molecule has 0 spiro atoms. The van der Waals surface area contributed by atoms with Gasteiger partial charge in [0.1, 0.15) is 6.61 Å². The quantitative estimate of drug-likeness (QED) is 0.161. The molecule has 16 heavy (non-hydrogen) atoms. The molecule has 0 aromatic rings. The molecule has 0 saturated carbocycles. The Bertz CT molecular complexity index is 165. The summed E-state index contributed by atoms with van der Waals surface area (Å²) >= 11 is 0. The summed E-state index contributed by atoms with van der Waals surface area (Å²) in [7, 11) is 0. The van der Waals surface area contributed by atoms with E-state index >= 15 is 0 Å². The summed E-state index contributed by atoms with van der Waals surface area (Å²) in [5.41, 5.74) is 5.18. The molecule has 6 N–H and O–H groups in total. The van der Waals surface area contributed by atoms with Gasteiger partial charge in [0.15, 0.2) is 6.17 Å². The molecule has 0 amide bonds. The number of hydrogen-bond acceptors (Lipinski definition) is 7. The third-order valence-electron chi connectivity index (χ3n) is 1.52. The first-order valence-electron chi connectivity index (χ1n) is 4.81. The van der Waals surface area contributed by atoms with Gasteiger partial charge in [0.25, 0.3) is 0 Å². The molecule has 0 aliphatic heterocycles. The van der Waals surface area contributed by atoms with E-state index in [1.165, 1.54) is 0 Å². The van der Waals surface area contributed by atoms with Crippen molar-refractivity contribution in [1.29, 1.82) is 0 Å². The van der Waals surface area contributed by atoms with Crippen molar-refractivity contribution >= 4 is 35.5 Å². The van der Waals surface area contributed by atoms with E-state index in [1.807, 2.05) is 0 Å². The summed E-state index contributed by atoms with van der Waals surface area (Å²) in [5.74, 6) is -0.498. The number of carbonyl (C=O) groups is 1. The van der Waals surface area contributed by atoms with Gasteiger partial charge in [-0.25, -0.2) is 4.79 Å². The van der Waals surface area contributed by atoms with Crippen molar-refractivity contribution in [3.63, 3.8) is 0 Å². The Balaban J connectivity index is 0. The van der Waals surface area contributed by atoms with E-state index in [1.54, 1.807) is 0 Å². The van der Waals surface area contributed by atoms with Crippen molar-refractivity contribution in [2.45, 2.75) is 6.17 Å². The number of aliphatic hydroxyl groups is 2. The predicted molar refractivity (Wildman–Crippen MR) is 61.1 cm³/mol. The molecule has 0 atom stereocenters. The van der Waals surface area contributed by atoms with Crippen LogP contribution in [0.2, 0.25) is 0 Å². The van der Waals surface area contributed by atoms with Crippen molar-refractivity contribution in [2.75, 3.05) is 39.5 Å². The number of carbonyl (C=O) groups excluding carboxylic acids is 1. The zero-order valence-electron chi connectivity index (χ0n) is 8.61. The standard InChI is InChI=1S/C8H19N3O4.Na.H/c9-1-6-15-8(14)7(10-2-4-12)11-3-5-13;;/h7,10-13H,1-6,9H2;;. The molecule has 0 aromatic carbocycles. The summed E-state index contributed by atoms with van der Waals surface area (Å²) in [4.78, 5) is 11.3. The molecule has 0 saturated heterocycles. The number of hydrogen-bond donors (Lipinski definition) is 5. The molecule has 8 heteroatoms. The summed E-state index contributed by atoms with van der Waals surface area (Å²) in [6, 6.07) is 0. The van der Waals surface area contributed by atoms with Crippen molar-refractivity contribution in [3.05, 3.63) is 0 Å².